The lowest BCUT2D eigenvalue weighted by Gasteiger charge is -2.36. The van der Waals surface area contributed by atoms with Gasteiger partial charge in [0.15, 0.2) is 5.60 Å². The molecule has 1 radical (unpaired) electrons. The van der Waals surface area contributed by atoms with Gasteiger partial charge in [-0.05, 0) is 36.4 Å². The number of thiocarbonyl (C=S) groups is 1. The van der Waals surface area contributed by atoms with E-state index in [0.717, 1.165) is 0 Å². The highest BCUT2D eigenvalue weighted by Gasteiger charge is 2.53. The molecule has 28 heavy (non-hydrogen) atoms. The summed E-state index contributed by atoms with van der Waals surface area (Å²) in [5.74, 6) is 0.209. The molecule has 0 aliphatic carbocycles. The standard InChI is InChI=1S/C21H12NO5S/c23-12-2-5-16-18(8-12)26-19-9-13(24)3-6-17(19)21(16)15-4-1-11(22-10-28)7-14(15)20(25)27-21/h1-9,23-24H,(H,22,28). The molecule has 0 bridgehead atoms. The molecule has 137 valence electrons. The van der Waals surface area contributed by atoms with Crippen LogP contribution in [0, 0.1) is 0 Å². The zero-order valence-electron chi connectivity index (χ0n) is 14.2. The minimum atomic E-state index is -1.25. The number of hydrogen-bond acceptors (Lipinski definition) is 6. The number of carbonyl (C=O) groups is 1. The van der Waals surface area contributed by atoms with E-state index in [9.17, 15) is 15.0 Å². The smallest absolute Gasteiger partial charge is 0.340 e. The molecule has 1 spiro atoms. The molecule has 0 saturated carbocycles. The summed E-state index contributed by atoms with van der Waals surface area (Å²) in [7, 11) is 0. The third-order valence-electron chi connectivity index (χ3n) is 4.97. The Balaban J connectivity index is 1.84. The van der Waals surface area contributed by atoms with Crippen molar-refractivity contribution in [1.82, 2.24) is 0 Å². The first-order valence-electron chi connectivity index (χ1n) is 8.39. The summed E-state index contributed by atoms with van der Waals surface area (Å²) >= 11 is 4.70. The van der Waals surface area contributed by atoms with E-state index in [2.05, 4.69) is 10.8 Å². The summed E-state index contributed by atoms with van der Waals surface area (Å²) in [6.07, 6.45) is 0. The Kier molecular flexibility index (Phi) is 3.38. The second-order valence-corrected chi connectivity index (χ2v) is 6.73. The van der Waals surface area contributed by atoms with Gasteiger partial charge in [0.1, 0.15) is 28.5 Å². The number of esters is 1. The zero-order valence-corrected chi connectivity index (χ0v) is 15.0. The highest BCUT2D eigenvalue weighted by Crippen LogP contribution is 2.57. The van der Waals surface area contributed by atoms with Crippen molar-refractivity contribution in [2.24, 2.45) is 0 Å². The molecule has 6 nitrogen and oxygen atoms in total. The van der Waals surface area contributed by atoms with Gasteiger partial charge in [0, 0.05) is 34.5 Å². The number of fused-ring (bicyclic) bond motifs is 6. The molecule has 7 heteroatoms. The first-order chi connectivity index (χ1) is 13.5. The average Bonchev–Trinajstić information content (AvgIpc) is 2.94. The van der Waals surface area contributed by atoms with E-state index >= 15 is 0 Å². The van der Waals surface area contributed by atoms with Crippen LogP contribution in [0.1, 0.15) is 27.0 Å². The minimum Gasteiger partial charge on any atom is -0.508 e. The van der Waals surface area contributed by atoms with Crippen LogP contribution in [0.4, 0.5) is 5.69 Å². The van der Waals surface area contributed by atoms with Crippen LogP contribution in [0.15, 0.2) is 54.6 Å². The molecule has 2 aliphatic rings. The molecule has 3 N–H and O–H groups in total. The Morgan fingerprint density at radius 1 is 0.893 bits per heavy atom. The van der Waals surface area contributed by atoms with Crippen molar-refractivity contribution in [1.29, 1.82) is 0 Å². The molecule has 0 fully saturated rings. The third-order valence-corrected chi connectivity index (χ3v) is 5.07. The summed E-state index contributed by atoms with van der Waals surface area (Å²) < 4.78 is 11.9. The molecule has 3 aromatic rings. The van der Waals surface area contributed by atoms with Gasteiger partial charge in [-0.25, -0.2) is 4.79 Å². The molecule has 0 amide bonds. The van der Waals surface area contributed by atoms with Gasteiger partial charge in [0.2, 0.25) is 0 Å². The van der Waals surface area contributed by atoms with Crippen LogP contribution in [0.5, 0.6) is 23.0 Å². The largest absolute Gasteiger partial charge is 0.508 e. The van der Waals surface area contributed by atoms with Gasteiger partial charge >= 0.3 is 5.97 Å². The first-order valence-corrected chi connectivity index (χ1v) is 8.79. The number of phenolic OH excluding ortho intramolecular Hbond substituents is 2. The summed E-state index contributed by atoms with van der Waals surface area (Å²) in [6.45, 7) is 0. The maximum absolute atomic E-state index is 12.8. The summed E-state index contributed by atoms with van der Waals surface area (Å²) in [5, 5.41) is 22.6. The number of anilines is 1. The summed E-state index contributed by atoms with van der Waals surface area (Å²) in [6, 6.07) is 14.5. The normalized spacial score (nSPS) is 15.1. The predicted molar refractivity (Wildman–Crippen MR) is 104 cm³/mol. The topological polar surface area (TPSA) is 88.0 Å². The van der Waals surface area contributed by atoms with Crippen LogP contribution in [0.2, 0.25) is 0 Å². The van der Waals surface area contributed by atoms with E-state index in [-0.39, 0.29) is 11.5 Å². The van der Waals surface area contributed by atoms with Crippen LogP contribution in [0.25, 0.3) is 0 Å². The van der Waals surface area contributed by atoms with Crippen molar-refractivity contribution in [3.05, 3.63) is 76.9 Å². The third kappa shape index (κ3) is 2.13. The number of hydrogen-bond donors (Lipinski definition) is 3. The quantitative estimate of drug-likeness (QED) is 0.347. The number of aromatic hydroxyl groups is 2. The fourth-order valence-corrected chi connectivity index (χ4v) is 3.96. The Morgan fingerprint density at radius 3 is 2.11 bits per heavy atom. The lowest BCUT2D eigenvalue weighted by molar-refractivity contribution is 0.0224. The van der Waals surface area contributed by atoms with Crippen molar-refractivity contribution < 1.29 is 24.5 Å². The number of nitrogens with one attached hydrogen (secondary N) is 1. The van der Waals surface area contributed by atoms with E-state index in [1.807, 2.05) is 0 Å². The Morgan fingerprint density at radius 2 is 1.50 bits per heavy atom. The second kappa shape index (κ2) is 5.71. The van der Waals surface area contributed by atoms with Gasteiger partial charge in [-0.2, -0.15) is 0 Å². The van der Waals surface area contributed by atoms with Gasteiger partial charge in [0.05, 0.1) is 5.56 Å². The number of carbonyl (C=O) groups excluding carboxylic acids is 1. The maximum Gasteiger partial charge on any atom is 0.340 e. The lowest BCUT2D eigenvalue weighted by Crippen LogP contribution is -2.32. The van der Waals surface area contributed by atoms with Crippen LogP contribution in [-0.4, -0.2) is 21.7 Å². The molecule has 0 aromatic heterocycles. The fraction of sp³-hybridized carbons (Fsp3) is 0.0476. The van der Waals surface area contributed by atoms with Crippen molar-refractivity contribution in [3.63, 3.8) is 0 Å². The van der Waals surface area contributed by atoms with Gasteiger partial charge in [-0.1, -0.05) is 18.3 Å². The van der Waals surface area contributed by atoms with Crippen LogP contribution < -0.4 is 10.1 Å². The van der Waals surface area contributed by atoms with Crippen molar-refractivity contribution in [3.8, 4) is 23.0 Å². The Labute approximate surface area is 165 Å². The first kappa shape index (κ1) is 16.6. The maximum atomic E-state index is 12.8. The van der Waals surface area contributed by atoms with E-state index in [1.165, 1.54) is 24.3 Å². The molecule has 0 unspecified atom stereocenters. The van der Waals surface area contributed by atoms with Gasteiger partial charge in [0.25, 0.3) is 0 Å². The molecule has 0 atom stereocenters. The number of benzene rings is 3. The van der Waals surface area contributed by atoms with Crippen LogP contribution in [-0.2, 0) is 10.3 Å². The Hall–Kier alpha value is -3.58. The van der Waals surface area contributed by atoms with Crippen molar-refractivity contribution >= 4 is 29.4 Å². The fourth-order valence-electron chi connectivity index (χ4n) is 3.84. The minimum absolute atomic E-state index is 0.0121. The number of ether oxygens (including phenoxy) is 2. The van der Waals surface area contributed by atoms with Gasteiger partial charge in [-0.15, -0.1) is 0 Å². The zero-order chi connectivity index (χ0) is 19.5. The molecular formula is C21H12NO5S. The molecule has 2 heterocycles. The van der Waals surface area contributed by atoms with Crippen molar-refractivity contribution in [2.45, 2.75) is 5.60 Å². The van der Waals surface area contributed by atoms with Crippen LogP contribution in [0.3, 0.4) is 0 Å². The summed E-state index contributed by atoms with van der Waals surface area (Å²) in [4.78, 5) is 12.8. The predicted octanol–water partition coefficient (Wildman–Crippen LogP) is 3.91. The molecule has 5 rings (SSSR count). The highest BCUT2D eigenvalue weighted by atomic mass is 32.1. The second-order valence-electron chi connectivity index (χ2n) is 6.52. The Bertz CT molecular complexity index is 1120. The summed E-state index contributed by atoms with van der Waals surface area (Å²) in [5.41, 5.74) is 3.96. The number of phenols is 2. The molecule has 3 aromatic carbocycles. The van der Waals surface area contributed by atoms with Crippen LogP contribution >= 0.6 is 12.2 Å². The van der Waals surface area contributed by atoms with E-state index < -0.39 is 11.6 Å². The lowest BCUT2D eigenvalue weighted by atomic mass is 9.77. The van der Waals surface area contributed by atoms with Gasteiger partial charge in [-0.3, -0.25) is 0 Å². The highest BCUT2D eigenvalue weighted by molar-refractivity contribution is 7.79. The van der Waals surface area contributed by atoms with Crippen molar-refractivity contribution in [2.75, 3.05) is 5.32 Å². The molecule has 0 saturated heterocycles. The van der Waals surface area contributed by atoms with E-state index in [0.29, 0.717) is 39.4 Å². The average molecular weight is 390 g/mol. The SMILES string of the molecule is O=C1OC2(c3ccc(O)cc3Oc3cc(O)ccc32)c2ccc(N[C]=S)cc21. The molecular weight excluding hydrogens is 378 g/mol. The van der Waals surface area contributed by atoms with Gasteiger partial charge < -0.3 is 25.0 Å². The van der Waals surface area contributed by atoms with E-state index in [4.69, 9.17) is 21.7 Å². The monoisotopic (exact) mass is 390 g/mol. The van der Waals surface area contributed by atoms with E-state index in [1.54, 1.807) is 30.3 Å². The number of rotatable bonds is 2. The molecule has 2 aliphatic heterocycles.